The van der Waals surface area contributed by atoms with Gasteiger partial charge in [-0.3, -0.25) is 4.79 Å². The van der Waals surface area contributed by atoms with E-state index in [2.05, 4.69) is 26.1 Å². The van der Waals surface area contributed by atoms with E-state index in [1.807, 2.05) is 4.90 Å². The summed E-state index contributed by atoms with van der Waals surface area (Å²) in [4.78, 5) is 14.7. The fourth-order valence-electron chi connectivity index (χ4n) is 2.49. The summed E-state index contributed by atoms with van der Waals surface area (Å²) in [6.07, 6.45) is 1.88. The number of nitrogens with one attached hydrogen (secondary N) is 1. The summed E-state index contributed by atoms with van der Waals surface area (Å²) in [7, 11) is 1.68. The SMILES string of the molecule is COCCN(CC(C)C)C(=O)C1(C)CCNCC1. The summed E-state index contributed by atoms with van der Waals surface area (Å²) in [5.74, 6) is 0.797. The maximum atomic E-state index is 12.7. The van der Waals surface area contributed by atoms with Crippen molar-refractivity contribution in [2.45, 2.75) is 33.6 Å². The summed E-state index contributed by atoms with van der Waals surface area (Å²) >= 11 is 0. The molecule has 0 atom stereocenters. The molecule has 1 amide bonds. The number of hydrogen-bond donors (Lipinski definition) is 1. The number of hydrogen-bond acceptors (Lipinski definition) is 3. The van der Waals surface area contributed by atoms with Crippen LogP contribution in [0.15, 0.2) is 0 Å². The van der Waals surface area contributed by atoms with Crippen LogP contribution in [0.2, 0.25) is 0 Å². The van der Waals surface area contributed by atoms with Crippen molar-refractivity contribution in [1.29, 1.82) is 0 Å². The van der Waals surface area contributed by atoms with E-state index in [0.29, 0.717) is 25.0 Å². The summed E-state index contributed by atoms with van der Waals surface area (Å²) < 4.78 is 5.12. The van der Waals surface area contributed by atoms with E-state index >= 15 is 0 Å². The molecule has 0 aromatic carbocycles. The lowest BCUT2D eigenvalue weighted by Crippen LogP contribution is -2.49. The first kappa shape index (κ1) is 15.4. The molecule has 0 spiro atoms. The average Bonchev–Trinajstić information content (AvgIpc) is 2.34. The first-order valence-electron chi connectivity index (χ1n) is 6.98. The van der Waals surface area contributed by atoms with Gasteiger partial charge in [0.25, 0.3) is 0 Å². The smallest absolute Gasteiger partial charge is 0.228 e. The van der Waals surface area contributed by atoms with E-state index < -0.39 is 0 Å². The number of methoxy groups -OCH3 is 1. The van der Waals surface area contributed by atoms with Crippen LogP contribution in [0.5, 0.6) is 0 Å². The zero-order valence-electron chi connectivity index (χ0n) is 12.3. The molecule has 1 heterocycles. The van der Waals surface area contributed by atoms with Crippen LogP contribution in [0.4, 0.5) is 0 Å². The van der Waals surface area contributed by atoms with E-state index in [9.17, 15) is 4.79 Å². The quantitative estimate of drug-likeness (QED) is 0.783. The molecule has 1 aliphatic rings. The van der Waals surface area contributed by atoms with E-state index in [-0.39, 0.29) is 5.41 Å². The Morgan fingerprint density at radius 2 is 2.00 bits per heavy atom. The summed E-state index contributed by atoms with van der Waals surface area (Å²) in [5, 5.41) is 3.32. The molecule has 18 heavy (non-hydrogen) atoms. The van der Waals surface area contributed by atoms with Gasteiger partial charge in [-0.2, -0.15) is 0 Å². The van der Waals surface area contributed by atoms with Crippen LogP contribution in [0.3, 0.4) is 0 Å². The Morgan fingerprint density at radius 1 is 1.39 bits per heavy atom. The zero-order valence-corrected chi connectivity index (χ0v) is 12.3. The van der Waals surface area contributed by atoms with E-state index in [1.165, 1.54) is 0 Å². The number of rotatable bonds is 6. The molecule has 0 radical (unpaired) electrons. The van der Waals surface area contributed by atoms with E-state index in [0.717, 1.165) is 32.5 Å². The minimum absolute atomic E-state index is 0.187. The average molecular weight is 256 g/mol. The normalized spacial score (nSPS) is 18.9. The molecule has 4 nitrogen and oxygen atoms in total. The Labute approximate surface area is 111 Å². The van der Waals surface area contributed by atoms with Crippen molar-refractivity contribution < 1.29 is 9.53 Å². The number of nitrogens with zero attached hydrogens (tertiary/aromatic N) is 1. The van der Waals surface area contributed by atoms with Crippen LogP contribution < -0.4 is 5.32 Å². The van der Waals surface area contributed by atoms with Gasteiger partial charge in [0.15, 0.2) is 0 Å². The highest BCUT2D eigenvalue weighted by molar-refractivity contribution is 5.82. The third kappa shape index (κ3) is 4.25. The van der Waals surface area contributed by atoms with Gasteiger partial charge in [-0.05, 0) is 31.8 Å². The number of piperidine rings is 1. The molecule has 1 saturated heterocycles. The van der Waals surface area contributed by atoms with Crippen LogP contribution in [-0.2, 0) is 9.53 Å². The molecular formula is C14H28N2O2. The van der Waals surface area contributed by atoms with Gasteiger partial charge in [0, 0.05) is 25.6 Å². The topological polar surface area (TPSA) is 41.6 Å². The number of ether oxygens (including phenoxy) is 1. The Kier molecular flexibility index (Phi) is 6.09. The van der Waals surface area contributed by atoms with Crippen molar-refractivity contribution in [2.75, 3.05) is 39.9 Å². The number of amides is 1. The van der Waals surface area contributed by atoms with E-state index in [1.54, 1.807) is 7.11 Å². The van der Waals surface area contributed by atoms with Crippen LogP contribution >= 0.6 is 0 Å². The molecular weight excluding hydrogens is 228 g/mol. The lowest BCUT2D eigenvalue weighted by atomic mass is 9.79. The molecule has 0 unspecified atom stereocenters. The second-order valence-corrected chi connectivity index (χ2v) is 5.95. The van der Waals surface area contributed by atoms with E-state index in [4.69, 9.17) is 4.74 Å². The summed E-state index contributed by atoms with van der Waals surface area (Å²) in [6.45, 7) is 10.4. The first-order valence-corrected chi connectivity index (χ1v) is 6.98. The number of carbonyl (C=O) groups is 1. The second-order valence-electron chi connectivity index (χ2n) is 5.95. The number of carbonyl (C=O) groups excluding carboxylic acids is 1. The van der Waals surface area contributed by atoms with Gasteiger partial charge in [-0.15, -0.1) is 0 Å². The monoisotopic (exact) mass is 256 g/mol. The largest absolute Gasteiger partial charge is 0.383 e. The van der Waals surface area contributed by atoms with Crippen molar-refractivity contribution in [3.63, 3.8) is 0 Å². The predicted octanol–water partition coefficient (Wildman–Crippen LogP) is 1.51. The van der Waals surface area contributed by atoms with Crippen LogP contribution in [-0.4, -0.2) is 50.7 Å². The predicted molar refractivity (Wildman–Crippen MR) is 73.5 cm³/mol. The zero-order chi connectivity index (χ0) is 13.6. The van der Waals surface area contributed by atoms with Crippen molar-refractivity contribution in [3.05, 3.63) is 0 Å². The van der Waals surface area contributed by atoms with Crippen molar-refractivity contribution in [1.82, 2.24) is 10.2 Å². The molecule has 0 aromatic rings. The molecule has 4 heteroatoms. The van der Waals surface area contributed by atoms with Crippen molar-refractivity contribution >= 4 is 5.91 Å². The highest BCUT2D eigenvalue weighted by Crippen LogP contribution is 2.30. The lowest BCUT2D eigenvalue weighted by molar-refractivity contribution is -0.144. The highest BCUT2D eigenvalue weighted by Gasteiger charge is 2.37. The summed E-state index contributed by atoms with van der Waals surface area (Å²) in [5.41, 5.74) is -0.187. The van der Waals surface area contributed by atoms with Crippen LogP contribution in [0.25, 0.3) is 0 Å². The summed E-state index contributed by atoms with van der Waals surface area (Å²) in [6, 6.07) is 0. The Balaban J connectivity index is 2.66. The van der Waals surface area contributed by atoms with Gasteiger partial charge >= 0.3 is 0 Å². The molecule has 1 aliphatic heterocycles. The first-order chi connectivity index (χ1) is 8.49. The van der Waals surface area contributed by atoms with Gasteiger partial charge in [0.2, 0.25) is 5.91 Å². The van der Waals surface area contributed by atoms with Gasteiger partial charge < -0.3 is 15.0 Å². The second kappa shape index (κ2) is 7.10. The Hall–Kier alpha value is -0.610. The van der Waals surface area contributed by atoms with Gasteiger partial charge in [0.1, 0.15) is 0 Å². The molecule has 106 valence electrons. The van der Waals surface area contributed by atoms with Gasteiger partial charge in [0.05, 0.1) is 6.61 Å². The maximum absolute atomic E-state index is 12.7. The lowest BCUT2D eigenvalue weighted by Gasteiger charge is -2.38. The van der Waals surface area contributed by atoms with Crippen molar-refractivity contribution in [2.24, 2.45) is 11.3 Å². The third-order valence-corrected chi connectivity index (χ3v) is 3.66. The molecule has 1 rings (SSSR count). The fraction of sp³-hybridized carbons (Fsp3) is 0.929. The molecule has 0 bridgehead atoms. The highest BCUT2D eigenvalue weighted by atomic mass is 16.5. The Morgan fingerprint density at radius 3 is 2.50 bits per heavy atom. The molecule has 0 aliphatic carbocycles. The molecule has 1 fully saturated rings. The molecule has 0 saturated carbocycles. The van der Waals surface area contributed by atoms with Crippen molar-refractivity contribution in [3.8, 4) is 0 Å². The van der Waals surface area contributed by atoms with Crippen LogP contribution in [0.1, 0.15) is 33.6 Å². The molecule has 1 N–H and O–H groups in total. The van der Waals surface area contributed by atoms with Crippen LogP contribution in [0, 0.1) is 11.3 Å². The fourth-order valence-corrected chi connectivity index (χ4v) is 2.49. The minimum Gasteiger partial charge on any atom is -0.383 e. The minimum atomic E-state index is -0.187. The maximum Gasteiger partial charge on any atom is 0.228 e. The third-order valence-electron chi connectivity index (χ3n) is 3.66. The Bertz CT molecular complexity index is 261. The van der Waals surface area contributed by atoms with Gasteiger partial charge in [-0.25, -0.2) is 0 Å². The molecule has 0 aromatic heterocycles. The standard InChI is InChI=1S/C14H28N2O2/c1-12(2)11-16(9-10-18-4)13(17)14(3)5-7-15-8-6-14/h12,15H,5-11H2,1-4H3. The van der Waals surface area contributed by atoms with Gasteiger partial charge in [-0.1, -0.05) is 20.8 Å².